The number of aromatic nitrogens is 2. The second kappa shape index (κ2) is 6.20. The first-order valence-corrected chi connectivity index (χ1v) is 5.95. The molecule has 21 heavy (non-hydrogen) atoms. The Morgan fingerprint density at radius 3 is 2.33 bits per heavy atom. The minimum absolute atomic E-state index is 0.0561. The Morgan fingerprint density at radius 1 is 1.29 bits per heavy atom. The van der Waals surface area contributed by atoms with E-state index < -0.39 is 47.3 Å². The molecule has 0 saturated heterocycles. The third-order valence-corrected chi connectivity index (χ3v) is 2.91. The van der Waals surface area contributed by atoms with Crippen LogP contribution in [0, 0.1) is 0 Å². The quantitative estimate of drug-likeness (QED) is 0.792. The van der Waals surface area contributed by atoms with Crippen LogP contribution in [0.15, 0.2) is 15.5 Å². The molecule has 1 heterocycles. The van der Waals surface area contributed by atoms with Gasteiger partial charge in [-0.05, 0) is 15.9 Å². The Labute approximate surface area is 121 Å². The molecule has 0 aliphatic carbocycles. The highest BCUT2D eigenvalue weighted by molar-refractivity contribution is 9.10. The topological polar surface area (TPSA) is 46.9 Å². The SMILES string of the molecule is O=c1c(Br)c(NCC(F)(F)C(F)F)cnn1CC(F)(F)F. The van der Waals surface area contributed by atoms with Crippen molar-refractivity contribution in [3.63, 3.8) is 0 Å². The Hall–Kier alpha value is -1.33. The molecule has 0 aliphatic heterocycles. The molecule has 0 fully saturated rings. The molecule has 0 aromatic carbocycles. The normalized spacial score (nSPS) is 12.8. The fourth-order valence-corrected chi connectivity index (χ4v) is 1.61. The van der Waals surface area contributed by atoms with Gasteiger partial charge in [0, 0.05) is 0 Å². The molecule has 0 amide bonds. The zero-order valence-corrected chi connectivity index (χ0v) is 11.5. The van der Waals surface area contributed by atoms with E-state index in [0.717, 1.165) is 0 Å². The molecular weight excluding hydrogens is 379 g/mol. The van der Waals surface area contributed by atoms with E-state index in [1.165, 1.54) is 0 Å². The molecule has 4 nitrogen and oxygen atoms in total. The average molecular weight is 386 g/mol. The molecule has 0 spiro atoms. The van der Waals surface area contributed by atoms with Crippen LogP contribution in [0.3, 0.4) is 0 Å². The van der Waals surface area contributed by atoms with E-state index in [0.29, 0.717) is 6.20 Å². The lowest BCUT2D eigenvalue weighted by molar-refractivity contribution is -0.143. The molecule has 0 aliphatic rings. The summed E-state index contributed by atoms with van der Waals surface area (Å²) >= 11 is 2.61. The third kappa shape index (κ3) is 4.86. The van der Waals surface area contributed by atoms with Gasteiger partial charge in [-0.2, -0.15) is 27.1 Å². The monoisotopic (exact) mass is 385 g/mol. The van der Waals surface area contributed by atoms with Gasteiger partial charge in [0.15, 0.2) is 0 Å². The van der Waals surface area contributed by atoms with Gasteiger partial charge in [0.25, 0.3) is 5.56 Å². The minimum Gasteiger partial charge on any atom is -0.376 e. The summed E-state index contributed by atoms with van der Waals surface area (Å²) in [5, 5.41) is 4.96. The van der Waals surface area contributed by atoms with Crippen LogP contribution in [0.2, 0.25) is 0 Å². The second-order valence-electron chi connectivity index (χ2n) is 3.87. The minimum atomic E-state index is -4.70. The summed E-state index contributed by atoms with van der Waals surface area (Å²) in [6, 6.07) is 0. The van der Waals surface area contributed by atoms with Gasteiger partial charge in [-0.25, -0.2) is 13.5 Å². The number of hydrogen-bond acceptors (Lipinski definition) is 3. The third-order valence-electron chi connectivity index (χ3n) is 2.15. The van der Waals surface area contributed by atoms with Crippen molar-refractivity contribution in [2.24, 2.45) is 0 Å². The van der Waals surface area contributed by atoms with E-state index in [2.05, 4.69) is 21.0 Å². The molecule has 120 valence electrons. The Kier molecular flexibility index (Phi) is 5.23. The van der Waals surface area contributed by atoms with Gasteiger partial charge in [-0.3, -0.25) is 4.79 Å². The summed E-state index contributed by atoms with van der Waals surface area (Å²) in [7, 11) is 0. The summed E-state index contributed by atoms with van der Waals surface area (Å²) in [5.41, 5.74) is -1.66. The molecule has 0 saturated carbocycles. The van der Waals surface area contributed by atoms with Crippen LogP contribution in [0.4, 0.5) is 36.4 Å². The highest BCUT2D eigenvalue weighted by atomic mass is 79.9. The van der Waals surface area contributed by atoms with E-state index in [9.17, 15) is 35.5 Å². The predicted octanol–water partition coefficient (Wildman–Crippen LogP) is 2.88. The van der Waals surface area contributed by atoms with Gasteiger partial charge in [-0.15, -0.1) is 0 Å². The standard InChI is InChI=1S/C9H7BrF7N3O/c10-5-4(18-2-8(13,14)7(11)12)1-19-20(6(5)21)3-9(15,16)17/h1,7,18H,2-3H2. The summed E-state index contributed by atoms with van der Waals surface area (Å²) in [4.78, 5) is 11.5. The first kappa shape index (κ1) is 17.7. The molecule has 1 N–H and O–H groups in total. The number of nitrogens with zero attached hydrogens (tertiary/aromatic N) is 2. The number of alkyl halides is 7. The number of anilines is 1. The number of nitrogens with one attached hydrogen (secondary N) is 1. The fourth-order valence-electron chi connectivity index (χ4n) is 1.16. The fraction of sp³-hybridized carbons (Fsp3) is 0.556. The van der Waals surface area contributed by atoms with Gasteiger partial charge in [0.05, 0.1) is 18.4 Å². The lowest BCUT2D eigenvalue weighted by atomic mass is 10.3. The van der Waals surface area contributed by atoms with Crippen LogP contribution in [-0.4, -0.2) is 34.8 Å². The molecule has 1 rings (SSSR count). The molecule has 1 aromatic heterocycles. The van der Waals surface area contributed by atoms with Crippen LogP contribution in [0.25, 0.3) is 0 Å². The van der Waals surface area contributed by atoms with Crippen molar-refractivity contribution in [3.8, 4) is 0 Å². The Bertz CT molecular complexity index is 557. The zero-order valence-electron chi connectivity index (χ0n) is 9.90. The highest BCUT2D eigenvalue weighted by Crippen LogP contribution is 2.25. The summed E-state index contributed by atoms with van der Waals surface area (Å²) in [6.45, 7) is -3.18. The molecule has 12 heteroatoms. The second-order valence-corrected chi connectivity index (χ2v) is 4.66. The van der Waals surface area contributed by atoms with Gasteiger partial charge in [-0.1, -0.05) is 0 Å². The molecular formula is C9H7BrF7N3O. The van der Waals surface area contributed by atoms with Crippen molar-refractivity contribution in [1.29, 1.82) is 0 Å². The van der Waals surface area contributed by atoms with Crippen LogP contribution in [0.1, 0.15) is 0 Å². The average Bonchev–Trinajstić information content (AvgIpc) is 2.32. The van der Waals surface area contributed by atoms with Crippen molar-refractivity contribution in [1.82, 2.24) is 9.78 Å². The predicted molar refractivity (Wildman–Crippen MR) is 61.7 cm³/mol. The molecule has 1 aromatic rings. The van der Waals surface area contributed by atoms with E-state index >= 15 is 0 Å². The van der Waals surface area contributed by atoms with E-state index in [1.807, 2.05) is 5.32 Å². The highest BCUT2D eigenvalue weighted by Gasteiger charge is 2.40. The summed E-state index contributed by atoms with van der Waals surface area (Å²) < 4.78 is 85.2. The van der Waals surface area contributed by atoms with Crippen LogP contribution in [0.5, 0.6) is 0 Å². The van der Waals surface area contributed by atoms with Crippen molar-refractivity contribution >= 4 is 21.6 Å². The maximum absolute atomic E-state index is 12.7. The first-order chi connectivity index (χ1) is 9.44. The zero-order chi connectivity index (χ0) is 16.4. The summed E-state index contributed by atoms with van der Waals surface area (Å²) in [6.07, 6.45) is -7.98. The van der Waals surface area contributed by atoms with Crippen LogP contribution in [-0.2, 0) is 6.54 Å². The van der Waals surface area contributed by atoms with Gasteiger partial charge >= 0.3 is 18.5 Å². The first-order valence-electron chi connectivity index (χ1n) is 5.16. The van der Waals surface area contributed by atoms with Crippen molar-refractivity contribution in [2.75, 3.05) is 11.9 Å². The van der Waals surface area contributed by atoms with Crippen LogP contribution >= 0.6 is 15.9 Å². The number of hydrogen-bond donors (Lipinski definition) is 1. The molecule has 0 atom stereocenters. The van der Waals surface area contributed by atoms with Gasteiger partial charge in [0.2, 0.25) is 0 Å². The largest absolute Gasteiger partial charge is 0.408 e. The summed E-state index contributed by atoms with van der Waals surface area (Å²) in [5.74, 6) is -4.36. The lowest BCUT2D eigenvalue weighted by Gasteiger charge is -2.17. The van der Waals surface area contributed by atoms with Gasteiger partial charge < -0.3 is 5.32 Å². The van der Waals surface area contributed by atoms with Crippen molar-refractivity contribution in [2.45, 2.75) is 25.1 Å². The Balaban J connectivity index is 2.93. The molecule has 0 bridgehead atoms. The van der Waals surface area contributed by atoms with E-state index in [1.54, 1.807) is 0 Å². The van der Waals surface area contributed by atoms with Gasteiger partial charge in [0.1, 0.15) is 11.0 Å². The Morgan fingerprint density at radius 2 is 1.86 bits per heavy atom. The maximum atomic E-state index is 12.7. The van der Waals surface area contributed by atoms with Crippen LogP contribution < -0.4 is 10.9 Å². The van der Waals surface area contributed by atoms with Crippen molar-refractivity contribution < 1.29 is 30.7 Å². The smallest absolute Gasteiger partial charge is 0.376 e. The molecule has 0 radical (unpaired) electrons. The van der Waals surface area contributed by atoms with E-state index in [4.69, 9.17) is 0 Å². The number of halogens is 8. The van der Waals surface area contributed by atoms with Crippen molar-refractivity contribution in [3.05, 3.63) is 21.0 Å². The lowest BCUT2D eigenvalue weighted by Crippen LogP contribution is -2.36. The molecule has 0 unspecified atom stereocenters. The number of rotatable bonds is 5. The van der Waals surface area contributed by atoms with E-state index in [-0.39, 0.29) is 4.68 Å². The maximum Gasteiger partial charge on any atom is 0.408 e.